The highest BCUT2D eigenvalue weighted by molar-refractivity contribution is 7.92. The van der Waals surface area contributed by atoms with E-state index < -0.39 is 34.3 Å². The molecule has 0 saturated heterocycles. The number of amides is 2. The topological polar surface area (TPSA) is 96.0 Å². The van der Waals surface area contributed by atoms with Gasteiger partial charge in [-0.1, -0.05) is 43.7 Å². The molecule has 0 saturated carbocycles. The van der Waals surface area contributed by atoms with E-state index in [1.165, 1.54) is 41.3 Å². The molecule has 3 aromatic carbocycles. The summed E-state index contributed by atoms with van der Waals surface area (Å²) in [7, 11) is -4.27. The first-order valence-corrected chi connectivity index (χ1v) is 15.0. The Kier molecular flexibility index (Phi) is 10.9. The number of benzene rings is 3. The molecule has 41 heavy (non-hydrogen) atoms. The third kappa shape index (κ3) is 8.53. The minimum absolute atomic E-state index is 0.0639. The molecule has 1 N–H and O–H groups in total. The van der Waals surface area contributed by atoms with E-state index in [-0.39, 0.29) is 29.0 Å². The largest absolute Gasteiger partial charge is 0.494 e. The van der Waals surface area contributed by atoms with Crippen LogP contribution < -0.4 is 14.4 Å². The van der Waals surface area contributed by atoms with Gasteiger partial charge in [0.05, 0.1) is 17.2 Å². The summed E-state index contributed by atoms with van der Waals surface area (Å²) < 4.78 is 47.9. The van der Waals surface area contributed by atoms with Crippen molar-refractivity contribution in [3.63, 3.8) is 0 Å². The molecule has 0 aliphatic carbocycles. The van der Waals surface area contributed by atoms with E-state index in [1.54, 1.807) is 6.92 Å². The molecular weight excluding hydrogens is 545 g/mol. The predicted octanol–water partition coefficient (Wildman–Crippen LogP) is 4.92. The SMILES string of the molecule is CCOc1ccc(S(=O)(=O)N(CC(=O)N(Cc2cccc(C)c2)C(C)C(=O)NCC(C)C)c2ccc(F)cc2)cc1. The molecule has 0 bridgehead atoms. The fourth-order valence-electron chi connectivity index (χ4n) is 4.18. The Morgan fingerprint density at radius 2 is 1.63 bits per heavy atom. The van der Waals surface area contributed by atoms with Crippen LogP contribution in [0.25, 0.3) is 0 Å². The molecule has 3 aromatic rings. The summed E-state index contributed by atoms with van der Waals surface area (Å²) in [4.78, 5) is 28.3. The standard InChI is InChI=1S/C31H38FN3O5S/c1-6-40-28-14-16-29(17-15-28)41(38,39)35(27-12-10-26(32)11-13-27)21-30(36)34(20-25-9-7-8-23(4)18-25)24(5)31(37)33-19-22(2)3/h7-18,22,24H,6,19-21H2,1-5H3,(H,33,37). The highest BCUT2D eigenvalue weighted by Crippen LogP contribution is 2.26. The lowest BCUT2D eigenvalue weighted by atomic mass is 10.1. The van der Waals surface area contributed by atoms with Crippen molar-refractivity contribution in [3.05, 3.63) is 89.7 Å². The molecule has 8 nitrogen and oxygen atoms in total. The number of nitrogens with zero attached hydrogens (tertiary/aromatic N) is 2. The minimum Gasteiger partial charge on any atom is -0.494 e. The number of anilines is 1. The number of halogens is 1. The molecule has 1 unspecified atom stereocenters. The average Bonchev–Trinajstić information content (AvgIpc) is 2.94. The number of hydrogen-bond acceptors (Lipinski definition) is 5. The number of carbonyl (C=O) groups excluding carboxylic acids is 2. The van der Waals surface area contributed by atoms with Crippen LogP contribution in [-0.2, 0) is 26.2 Å². The van der Waals surface area contributed by atoms with E-state index in [1.807, 2.05) is 52.0 Å². The number of sulfonamides is 1. The van der Waals surface area contributed by atoms with E-state index in [2.05, 4.69) is 5.32 Å². The Morgan fingerprint density at radius 1 is 0.976 bits per heavy atom. The fourth-order valence-corrected chi connectivity index (χ4v) is 5.59. The van der Waals surface area contributed by atoms with Gasteiger partial charge in [0.15, 0.2) is 0 Å². The first-order chi connectivity index (χ1) is 19.4. The molecule has 0 aliphatic heterocycles. The molecule has 0 radical (unpaired) electrons. The van der Waals surface area contributed by atoms with Crippen molar-refractivity contribution in [3.8, 4) is 5.75 Å². The quantitative estimate of drug-likeness (QED) is 0.308. The maximum absolute atomic E-state index is 13.9. The van der Waals surface area contributed by atoms with Gasteiger partial charge in [0.25, 0.3) is 10.0 Å². The van der Waals surface area contributed by atoms with Crippen molar-refractivity contribution in [1.29, 1.82) is 0 Å². The summed E-state index contributed by atoms with van der Waals surface area (Å²) >= 11 is 0. The summed E-state index contributed by atoms with van der Waals surface area (Å²) in [6, 6.07) is 17.4. The second-order valence-corrected chi connectivity index (χ2v) is 12.1. The summed E-state index contributed by atoms with van der Waals surface area (Å²) in [5.74, 6) is -0.767. The van der Waals surface area contributed by atoms with Crippen molar-refractivity contribution < 1.29 is 27.1 Å². The van der Waals surface area contributed by atoms with E-state index in [4.69, 9.17) is 4.74 Å². The Bertz CT molecular complexity index is 1430. The molecule has 0 fully saturated rings. The Hall–Kier alpha value is -3.92. The maximum atomic E-state index is 13.9. The van der Waals surface area contributed by atoms with Crippen LogP contribution in [0.4, 0.5) is 10.1 Å². The minimum atomic E-state index is -4.27. The van der Waals surface area contributed by atoms with Crippen LogP contribution in [-0.4, -0.2) is 50.9 Å². The molecule has 220 valence electrons. The summed E-state index contributed by atoms with van der Waals surface area (Å²) in [6.07, 6.45) is 0. The molecule has 0 aliphatic rings. The first-order valence-electron chi connectivity index (χ1n) is 13.6. The van der Waals surface area contributed by atoms with Crippen LogP contribution in [0.5, 0.6) is 5.75 Å². The van der Waals surface area contributed by atoms with Crippen LogP contribution in [0, 0.1) is 18.7 Å². The van der Waals surface area contributed by atoms with Crippen molar-refractivity contribution in [1.82, 2.24) is 10.2 Å². The van der Waals surface area contributed by atoms with Crippen LogP contribution in [0.15, 0.2) is 77.7 Å². The summed E-state index contributed by atoms with van der Waals surface area (Å²) in [5.41, 5.74) is 1.89. The smallest absolute Gasteiger partial charge is 0.264 e. The highest BCUT2D eigenvalue weighted by Gasteiger charge is 2.32. The van der Waals surface area contributed by atoms with Gasteiger partial charge in [-0.05, 0) is 80.8 Å². The van der Waals surface area contributed by atoms with Crippen molar-refractivity contribution in [2.75, 3.05) is 24.0 Å². The van der Waals surface area contributed by atoms with E-state index in [0.29, 0.717) is 18.9 Å². The van der Waals surface area contributed by atoms with Gasteiger partial charge in [0, 0.05) is 13.1 Å². The molecular formula is C31H38FN3O5S. The van der Waals surface area contributed by atoms with Gasteiger partial charge in [0.2, 0.25) is 11.8 Å². The highest BCUT2D eigenvalue weighted by atomic mass is 32.2. The number of carbonyl (C=O) groups is 2. The second-order valence-electron chi connectivity index (χ2n) is 10.2. The van der Waals surface area contributed by atoms with Gasteiger partial charge in [0.1, 0.15) is 24.2 Å². The molecule has 2 amide bonds. The number of hydrogen-bond donors (Lipinski definition) is 1. The lowest BCUT2D eigenvalue weighted by Gasteiger charge is -2.32. The number of aryl methyl sites for hydroxylation is 1. The molecule has 10 heteroatoms. The van der Waals surface area contributed by atoms with Gasteiger partial charge >= 0.3 is 0 Å². The molecule has 0 spiro atoms. The monoisotopic (exact) mass is 583 g/mol. The van der Waals surface area contributed by atoms with E-state index in [0.717, 1.165) is 27.6 Å². The molecule has 0 heterocycles. The normalized spacial score (nSPS) is 12.1. The van der Waals surface area contributed by atoms with Crippen molar-refractivity contribution in [2.24, 2.45) is 5.92 Å². The van der Waals surface area contributed by atoms with Crippen LogP contribution >= 0.6 is 0 Å². The van der Waals surface area contributed by atoms with E-state index >= 15 is 0 Å². The Morgan fingerprint density at radius 3 is 2.22 bits per heavy atom. The van der Waals surface area contributed by atoms with Gasteiger partial charge in [-0.15, -0.1) is 0 Å². The zero-order valence-electron chi connectivity index (χ0n) is 24.1. The van der Waals surface area contributed by atoms with Crippen LogP contribution in [0.3, 0.4) is 0 Å². The van der Waals surface area contributed by atoms with Crippen LogP contribution in [0.1, 0.15) is 38.8 Å². The zero-order chi connectivity index (χ0) is 30.2. The Balaban J connectivity index is 2.00. The molecule has 0 aromatic heterocycles. The molecule has 1 atom stereocenters. The van der Waals surface area contributed by atoms with Crippen molar-refractivity contribution >= 4 is 27.5 Å². The van der Waals surface area contributed by atoms with Gasteiger partial charge in [-0.25, -0.2) is 12.8 Å². The average molecular weight is 584 g/mol. The third-order valence-corrected chi connectivity index (χ3v) is 8.19. The number of ether oxygens (including phenoxy) is 1. The predicted molar refractivity (Wildman–Crippen MR) is 158 cm³/mol. The second kappa shape index (κ2) is 14.1. The third-order valence-electron chi connectivity index (χ3n) is 6.40. The fraction of sp³-hybridized carbons (Fsp3) is 0.355. The number of rotatable bonds is 13. The Labute approximate surface area is 242 Å². The van der Waals surface area contributed by atoms with E-state index in [9.17, 15) is 22.4 Å². The van der Waals surface area contributed by atoms with Crippen LogP contribution in [0.2, 0.25) is 0 Å². The summed E-state index contributed by atoms with van der Waals surface area (Å²) in [5, 5.41) is 2.86. The van der Waals surface area contributed by atoms with Gasteiger partial charge in [-0.2, -0.15) is 0 Å². The van der Waals surface area contributed by atoms with Crippen molar-refractivity contribution in [2.45, 2.75) is 52.1 Å². The summed E-state index contributed by atoms with van der Waals surface area (Å²) in [6.45, 7) is 9.64. The van der Waals surface area contributed by atoms with Gasteiger partial charge < -0.3 is 15.0 Å². The van der Waals surface area contributed by atoms with Gasteiger partial charge in [-0.3, -0.25) is 13.9 Å². The first kappa shape index (κ1) is 31.6. The lowest BCUT2D eigenvalue weighted by molar-refractivity contribution is -0.139. The molecule has 3 rings (SSSR count). The zero-order valence-corrected chi connectivity index (χ0v) is 24.9. The number of nitrogens with one attached hydrogen (secondary N) is 1. The lowest BCUT2D eigenvalue weighted by Crippen LogP contribution is -2.51. The maximum Gasteiger partial charge on any atom is 0.264 e.